The fourth-order valence-electron chi connectivity index (χ4n) is 3.57. The quantitative estimate of drug-likeness (QED) is 0.496. The van der Waals surface area contributed by atoms with Crippen LogP contribution in [0.1, 0.15) is 58.8 Å². The third-order valence-corrected chi connectivity index (χ3v) is 5.21. The number of aromatic nitrogens is 2. The Balaban J connectivity index is 1.67. The lowest BCUT2D eigenvalue weighted by Crippen LogP contribution is -2.40. The molecule has 1 heterocycles. The fraction of sp³-hybridized carbons (Fsp3) is 0.737. The van der Waals surface area contributed by atoms with Gasteiger partial charge < -0.3 is 4.74 Å². The summed E-state index contributed by atoms with van der Waals surface area (Å²) in [5.41, 5.74) is -1.34. The minimum Gasteiger partial charge on any atom is -0.465 e. The van der Waals surface area contributed by atoms with Crippen LogP contribution in [-0.4, -0.2) is 21.7 Å². The lowest BCUT2D eigenvalue weighted by atomic mass is 9.99. The number of carbonyl (C=O) groups excluding carboxylic acids is 1. The zero-order valence-electron chi connectivity index (χ0n) is 15.7. The molecule has 0 N–H and O–H groups in total. The van der Waals surface area contributed by atoms with E-state index in [1.54, 1.807) is 6.92 Å². The molecule has 7 heteroatoms. The molecule has 0 aromatic carbocycles. The summed E-state index contributed by atoms with van der Waals surface area (Å²) >= 11 is 0. The van der Waals surface area contributed by atoms with Crippen molar-refractivity contribution in [2.75, 3.05) is 6.61 Å². The van der Waals surface area contributed by atoms with Crippen LogP contribution in [0.4, 0.5) is 4.39 Å². The van der Waals surface area contributed by atoms with E-state index < -0.39 is 17.1 Å². The largest absolute Gasteiger partial charge is 0.465 e. The summed E-state index contributed by atoms with van der Waals surface area (Å²) in [6, 6.07) is 0. The van der Waals surface area contributed by atoms with Gasteiger partial charge in [-0.25, -0.2) is 4.79 Å². The normalized spacial score (nSPS) is 19.7. The van der Waals surface area contributed by atoms with Crippen LogP contribution >= 0.6 is 0 Å². The summed E-state index contributed by atoms with van der Waals surface area (Å²) in [4.78, 5) is 35.6. The summed E-state index contributed by atoms with van der Waals surface area (Å²) in [6.07, 6.45) is 7.33. The van der Waals surface area contributed by atoms with E-state index in [1.807, 2.05) is 0 Å². The number of aryl methyl sites for hydroxylation is 1. The van der Waals surface area contributed by atoms with Crippen LogP contribution in [0.25, 0.3) is 0 Å². The van der Waals surface area contributed by atoms with Crippen molar-refractivity contribution in [3.05, 3.63) is 32.9 Å². The van der Waals surface area contributed by atoms with E-state index in [0.717, 1.165) is 49.3 Å². The van der Waals surface area contributed by atoms with Gasteiger partial charge in [0.15, 0.2) is 0 Å². The van der Waals surface area contributed by atoms with Crippen LogP contribution in [0.3, 0.4) is 0 Å². The van der Waals surface area contributed by atoms with Crippen molar-refractivity contribution >= 4 is 5.97 Å². The third-order valence-electron chi connectivity index (χ3n) is 5.21. The zero-order chi connectivity index (χ0) is 19.1. The van der Waals surface area contributed by atoms with Gasteiger partial charge in [0.25, 0.3) is 5.56 Å². The molecule has 0 radical (unpaired) electrons. The molecule has 0 saturated heterocycles. The summed E-state index contributed by atoms with van der Waals surface area (Å²) < 4.78 is 21.1. The van der Waals surface area contributed by atoms with Crippen LogP contribution < -0.4 is 11.2 Å². The molecule has 1 fully saturated rings. The summed E-state index contributed by atoms with van der Waals surface area (Å²) in [6.45, 7) is 4.69. The Morgan fingerprint density at radius 1 is 1.23 bits per heavy atom. The predicted octanol–water partition coefficient (Wildman–Crippen LogP) is 2.71. The standard InChI is InChI=1S/C19H29FN2O4/c1-3-22-17(23)16(20)13-21(19(22)25)11-6-4-5-7-12-26-18(24)15-10-8-9-14(15)2/h13-15H,3-12H2,1-2H3. The Morgan fingerprint density at radius 3 is 2.62 bits per heavy atom. The van der Waals surface area contributed by atoms with E-state index in [4.69, 9.17) is 4.74 Å². The highest BCUT2D eigenvalue weighted by Gasteiger charge is 2.30. The number of ether oxygens (including phenoxy) is 1. The second-order valence-electron chi connectivity index (χ2n) is 7.10. The number of halogens is 1. The Labute approximate surface area is 153 Å². The molecule has 146 valence electrons. The summed E-state index contributed by atoms with van der Waals surface area (Å²) in [7, 11) is 0. The van der Waals surface area contributed by atoms with E-state index in [9.17, 15) is 18.8 Å². The van der Waals surface area contributed by atoms with Gasteiger partial charge >= 0.3 is 11.7 Å². The number of hydrogen-bond acceptors (Lipinski definition) is 4. The van der Waals surface area contributed by atoms with E-state index in [-0.39, 0.29) is 18.4 Å². The SMILES string of the molecule is CCn1c(=O)c(F)cn(CCCCCCOC(=O)C2CCCC2C)c1=O. The second kappa shape index (κ2) is 9.69. The average Bonchev–Trinajstić information content (AvgIpc) is 3.04. The highest BCUT2D eigenvalue weighted by atomic mass is 19.1. The average molecular weight is 368 g/mol. The van der Waals surface area contributed by atoms with Gasteiger partial charge in [0, 0.05) is 13.1 Å². The summed E-state index contributed by atoms with van der Waals surface area (Å²) in [5.74, 6) is -0.489. The van der Waals surface area contributed by atoms with Gasteiger partial charge in [-0.3, -0.25) is 18.7 Å². The number of esters is 1. The van der Waals surface area contributed by atoms with Crippen LogP contribution in [0.15, 0.2) is 15.8 Å². The molecule has 6 nitrogen and oxygen atoms in total. The molecule has 26 heavy (non-hydrogen) atoms. The van der Waals surface area contributed by atoms with Gasteiger partial charge in [0.05, 0.1) is 18.7 Å². The van der Waals surface area contributed by atoms with Gasteiger partial charge in [-0.1, -0.05) is 19.8 Å². The number of unbranched alkanes of at least 4 members (excludes halogenated alkanes) is 3. The molecule has 1 aromatic heterocycles. The van der Waals surface area contributed by atoms with Crippen molar-refractivity contribution in [2.24, 2.45) is 11.8 Å². The topological polar surface area (TPSA) is 70.3 Å². The maximum atomic E-state index is 13.6. The maximum Gasteiger partial charge on any atom is 0.331 e. The first-order chi connectivity index (χ1) is 12.5. The van der Waals surface area contributed by atoms with Gasteiger partial charge in [0.1, 0.15) is 0 Å². The predicted molar refractivity (Wildman–Crippen MR) is 96.5 cm³/mol. The minimum atomic E-state index is -0.903. The highest BCUT2D eigenvalue weighted by molar-refractivity contribution is 5.73. The third kappa shape index (κ3) is 5.05. The highest BCUT2D eigenvalue weighted by Crippen LogP contribution is 2.31. The molecular formula is C19H29FN2O4. The van der Waals surface area contributed by atoms with E-state index in [0.29, 0.717) is 25.5 Å². The Hall–Kier alpha value is -1.92. The van der Waals surface area contributed by atoms with Crippen molar-refractivity contribution in [3.8, 4) is 0 Å². The van der Waals surface area contributed by atoms with Crippen LogP contribution in [0.5, 0.6) is 0 Å². The van der Waals surface area contributed by atoms with Crippen molar-refractivity contribution in [1.82, 2.24) is 9.13 Å². The van der Waals surface area contributed by atoms with Gasteiger partial charge in [-0.2, -0.15) is 4.39 Å². The molecule has 2 unspecified atom stereocenters. The maximum absolute atomic E-state index is 13.6. The molecular weight excluding hydrogens is 339 g/mol. The Kier molecular flexibility index (Phi) is 7.60. The van der Waals surface area contributed by atoms with Gasteiger partial charge in [-0.05, 0) is 44.9 Å². The monoisotopic (exact) mass is 368 g/mol. The van der Waals surface area contributed by atoms with Crippen molar-refractivity contribution in [2.45, 2.75) is 71.9 Å². The second-order valence-corrected chi connectivity index (χ2v) is 7.10. The molecule has 0 aliphatic heterocycles. The molecule has 1 aliphatic rings. The lowest BCUT2D eigenvalue weighted by molar-refractivity contribution is -0.149. The molecule has 2 atom stereocenters. The molecule has 0 spiro atoms. The molecule has 0 bridgehead atoms. The van der Waals surface area contributed by atoms with Gasteiger partial charge in [0.2, 0.25) is 5.82 Å². The van der Waals surface area contributed by atoms with Crippen LogP contribution in [0, 0.1) is 17.7 Å². The molecule has 1 saturated carbocycles. The van der Waals surface area contributed by atoms with Crippen molar-refractivity contribution in [3.63, 3.8) is 0 Å². The number of rotatable bonds is 9. The number of carbonyl (C=O) groups is 1. The Morgan fingerprint density at radius 2 is 1.96 bits per heavy atom. The van der Waals surface area contributed by atoms with E-state index >= 15 is 0 Å². The fourth-order valence-corrected chi connectivity index (χ4v) is 3.57. The number of nitrogens with zero attached hydrogens (tertiary/aromatic N) is 2. The van der Waals surface area contributed by atoms with Crippen LogP contribution in [0.2, 0.25) is 0 Å². The van der Waals surface area contributed by atoms with Crippen molar-refractivity contribution in [1.29, 1.82) is 0 Å². The first-order valence-corrected chi connectivity index (χ1v) is 9.62. The minimum absolute atomic E-state index is 0.0611. The van der Waals surface area contributed by atoms with E-state index in [1.165, 1.54) is 4.57 Å². The number of hydrogen-bond donors (Lipinski definition) is 0. The lowest BCUT2D eigenvalue weighted by Gasteiger charge is -2.14. The first-order valence-electron chi connectivity index (χ1n) is 9.62. The smallest absolute Gasteiger partial charge is 0.331 e. The summed E-state index contributed by atoms with van der Waals surface area (Å²) in [5, 5.41) is 0. The molecule has 1 aliphatic carbocycles. The molecule has 2 rings (SSSR count). The van der Waals surface area contributed by atoms with Crippen molar-refractivity contribution < 1.29 is 13.9 Å². The van der Waals surface area contributed by atoms with Gasteiger partial charge in [-0.15, -0.1) is 0 Å². The van der Waals surface area contributed by atoms with Crippen LogP contribution in [-0.2, 0) is 22.6 Å². The molecule has 1 aromatic rings. The zero-order valence-corrected chi connectivity index (χ0v) is 15.7. The first kappa shape index (κ1) is 20.4. The van der Waals surface area contributed by atoms with E-state index in [2.05, 4.69) is 6.92 Å². The Bertz CT molecular complexity index is 725. The molecule has 0 amide bonds.